The van der Waals surface area contributed by atoms with Gasteiger partial charge in [0.05, 0.1) is 36.4 Å². The minimum absolute atomic E-state index is 0.302. The van der Waals surface area contributed by atoms with Gasteiger partial charge >= 0.3 is 5.97 Å². The fourth-order valence-electron chi connectivity index (χ4n) is 2.73. The number of aromatic nitrogens is 2. The quantitative estimate of drug-likeness (QED) is 0.787. The summed E-state index contributed by atoms with van der Waals surface area (Å²) in [6.45, 7) is 5.92. The summed E-state index contributed by atoms with van der Waals surface area (Å²) in [5, 5.41) is 9.60. The summed E-state index contributed by atoms with van der Waals surface area (Å²) >= 11 is 0. The predicted octanol–water partition coefficient (Wildman–Crippen LogP) is 2.03. The maximum Gasteiger partial charge on any atom is 0.329 e. The van der Waals surface area contributed by atoms with Gasteiger partial charge in [-0.1, -0.05) is 12.1 Å². The summed E-state index contributed by atoms with van der Waals surface area (Å²) in [4.78, 5) is 23.7. The second-order valence-electron chi connectivity index (χ2n) is 6.07. The van der Waals surface area contributed by atoms with E-state index in [1.54, 1.807) is 13.8 Å². The van der Waals surface area contributed by atoms with E-state index >= 15 is 0 Å². The van der Waals surface area contributed by atoms with Crippen molar-refractivity contribution >= 4 is 22.8 Å². The molecule has 1 aliphatic heterocycles. The normalized spacial score (nSPS) is 15.8. The first-order valence-electron chi connectivity index (χ1n) is 8.29. The van der Waals surface area contributed by atoms with Crippen LogP contribution in [-0.4, -0.2) is 48.3 Å². The maximum absolute atomic E-state index is 12.4. The van der Waals surface area contributed by atoms with Crippen molar-refractivity contribution in [2.75, 3.05) is 31.2 Å². The van der Waals surface area contributed by atoms with Gasteiger partial charge in [0.25, 0.3) is 0 Å². The number of rotatable bonds is 4. The van der Waals surface area contributed by atoms with Gasteiger partial charge in [-0.3, -0.25) is 4.79 Å². The SMILES string of the molecule is CC(C)OC(=O)[C@H](C#N)c1nc2ccccc2nc1N1CCOCC1. The van der Waals surface area contributed by atoms with Crippen LogP contribution in [0.1, 0.15) is 25.5 Å². The highest BCUT2D eigenvalue weighted by atomic mass is 16.5. The van der Waals surface area contributed by atoms with Crippen LogP contribution in [0.3, 0.4) is 0 Å². The summed E-state index contributed by atoms with van der Waals surface area (Å²) in [6.07, 6.45) is -0.302. The topological polar surface area (TPSA) is 88.3 Å². The van der Waals surface area contributed by atoms with Crippen LogP contribution in [0.2, 0.25) is 0 Å². The monoisotopic (exact) mass is 340 g/mol. The van der Waals surface area contributed by atoms with Crippen LogP contribution >= 0.6 is 0 Å². The fraction of sp³-hybridized carbons (Fsp3) is 0.444. The van der Waals surface area contributed by atoms with Crippen LogP contribution < -0.4 is 4.90 Å². The third kappa shape index (κ3) is 3.69. The summed E-state index contributed by atoms with van der Waals surface area (Å²) in [7, 11) is 0. The Morgan fingerprint density at radius 3 is 2.48 bits per heavy atom. The smallest absolute Gasteiger partial charge is 0.329 e. The third-order valence-electron chi connectivity index (χ3n) is 3.88. The molecule has 2 heterocycles. The zero-order chi connectivity index (χ0) is 17.8. The molecule has 0 saturated carbocycles. The molecule has 1 atom stereocenters. The van der Waals surface area contributed by atoms with Crippen molar-refractivity contribution < 1.29 is 14.3 Å². The first-order valence-corrected chi connectivity index (χ1v) is 8.29. The number of carbonyl (C=O) groups is 1. The lowest BCUT2D eigenvalue weighted by Crippen LogP contribution is -2.38. The number of para-hydroxylation sites is 2. The number of nitrogens with zero attached hydrogens (tertiary/aromatic N) is 4. The lowest BCUT2D eigenvalue weighted by molar-refractivity contribution is -0.147. The molecule has 0 spiro atoms. The van der Waals surface area contributed by atoms with E-state index in [0.717, 1.165) is 5.52 Å². The molecule has 2 aromatic rings. The highest BCUT2D eigenvalue weighted by molar-refractivity contribution is 5.85. The average molecular weight is 340 g/mol. The van der Waals surface area contributed by atoms with Crippen molar-refractivity contribution in [2.24, 2.45) is 0 Å². The molecule has 1 aromatic carbocycles. The van der Waals surface area contributed by atoms with Crippen molar-refractivity contribution in [3.63, 3.8) is 0 Å². The number of carbonyl (C=O) groups excluding carboxylic acids is 1. The zero-order valence-corrected chi connectivity index (χ0v) is 14.3. The molecule has 130 valence electrons. The van der Waals surface area contributed by atoms with Gasteiger partial charge in [-0.25, -0.2) is 9.97 Å². The van der Waals surface area contributed by atoms with Crippen LogP contribution in [0.4, 0.5) is 5.82 Å². The maximum atomic E-state index is 12.4. The number of hydrogen-bond acceptors (Lipinski definition) is 7. The molecular formula is C18H20N4O3. The summed E-state index contributed by atoms with van der Waals surface area (Å²) in [5.74, 6) is -1.16. The van der Waals surface area contributed by atoms with Crippen LogP contribution in [0.25, 0.3) is 11.0 Å². The van der Waals surface area contributed by atoms with E-state index in [1.807, 2.05) is 35.2 Å². The average Bonchev–Trinajstić information content (AvgIpc) is 2.62. The Morgan fingerprint density at radius 1 is 1.24 bits per heavy atom. The van der Waals surface area contributed by atoms with Crippen molar-refractivity contribution in [1.29, 1.82) is 5.26 Å². The Labute approximate surface area is 146 Å². The summed E-state index contributed by atoms with van der Waals surface area (Å²) in [6, 6.07) is 9.45. The van der Waals surface area contributed by atoms with Crippen molar-refractivity contribution in [1.82, 2.24) is 9.97 Å². The second kappa shape index (κ2) is 7.45. The number of morpholine rings is 1. The summed E-state index contributed by atoms with van der Waals surface area (Å²) < 4.78 is 10.6. The van der Waals surface area contributed by atoms with E-state index < -0.39 is 11.9 Å². The fourth-order valence-corrected chi connectivity index (χ4v) is 2.73. The molecule has 7 heteroatoms. The lowest BCUT2D eigenvalue weighted by atomic mass is 10.1. The minimum Gasteiger partial charge on any atom is -0.462 e. The van der Waals surface area contributed by atoms with Gasteiger partial charge in [-0.2, -0.15) is 5.26 Å². The Bertz CT molecular complexity index is 810. The van der Waals surface area contributed by atoms with Crippen molar-refractivity contribution in [2.45, 2.75) is 25.9 Å². The molecule has 7 nitrogen and oxygen atoms in total. The van der Waals surface area contributed by atoms with E-state index in [0.29, 0.717) is 43.3 Å². The van der Waals surface area contributed by atoms with Gasteiger partial charge in [-0.15, -0.1) is 0 Å². The van der Waals surface area contributed by atoms with Gasteiger partial charge < -0.3 is 14.4 Å². The Morgan fingerprint density at radius 2 is 1.88 bits per heavy atom. The highest BCUT2D eigenvalue weighted by Crippen LogP contribution is 2.28. The van der Waals surface area contributed by atoms with Gasteiger partial charge in [0, 0.05) is 13.1 Å². The van der Waals surface area contributed by atoms with Crippen LogP contribution in [0, 0.1) is 11.3 Å². The highest BCUT2D eigenvalue weighted by Gasteiger charge is 2.31. The number of ether oxygens (including phenoxy) is 2. The molecular weight excluding hydrogens is 320 g/mol. The molecule has 0 radical (unpaired) electrons. The molecule has 1 aliphatic rings. The van der Waals surface area contributed by atoms with E-state index in [2.05, 4.69) is 9.97 Å². The molecule has 0 aliphatic carbocycles. The van der Waals surface area contributed by atoms with E-state index in [4.69, 9.17) is 9.47 Å². The summed E-state index contributed by atoms with van der Waals surface area (Å²) in [5.41, 5.74) is 1.71. The van der Waals surface area contributed by atoms with Crippen molar-refractivity contribution in [3.05, 3.63) is 30.0 Å². The van der Waals surface area contributed by atoms with Crippen LogP contribution in [-0.2, 0) is 14.3 Å². The van der Waals surface area contributed by atoms with Gasteiger partial charge in [0.2, 0.25) is 0 Å². The van der Waals surface area contributed by atoms with E-state index in [-0.39, 0.29) is 6.10 Å². The Balaban J connectivity index is 2.09. The van der Waals surface area contributed by atoms with E-state index in [9.17, 15) is 10.1 Å². The number of anilines is 1. The molecule has 25 heavy (non-hydrogen) atoms. The lowest BCUT2D eigenvalue weighted by Gasteiger charge is -2.29. The Hall–Kier alpha value is -2.72. The zero-order valence-electron chi connectivity index (χ0n) is 14.3. The molecule has 1 fully saturated rings. The van der Waals surface area contributed by atoms with Crippen LogP contribution in [0.15, 0.2) is 24.3 Å². The molecule has 0 bridgehead atoms. The number of fused-ring (bicyclic) bond motifs is 1. The molecule has 0 unspecified atom stereocenters. The predicted molar refractivity (Wildman–Crippen MR) is 92.2 cm³/mol. The number of nitriles is 1. The standard InChI is InChI=1S/C18H20N4O3/c1-12(2)25-18(23)13(11-19)16-17(22-7-9-24-10-8-22)21-15-6-4-3-5-14(15)20-16/h3-6,12-13H,7-10H2,1-2H3/t13-/m1/s1. The first-order chi connectivity index (χ1) is 12.1. The number of benzene rings is 1. The second-order valence-corrected chi connectivity index (χ2v) is 6.07. The number of hydrogen-bond donors (Lipinski definition) is 0. The minimum atomic E-state index is -1.11. The molecule has 3 rings (SSSR count). The molecule has 0 N–H and O–H groups in total. The molecule has 0 amide bonds. The van der Waals surface area contributed by atoms with Gasteiger partial charge in [0.15, 0.2) is 11.7 Å². The molecule has 1 saturated heterocycles. The van der Waals surface area contributed by atoms with Crippen molar-refractivity contribution in [3.8, 4) is 6.07 Å². The van der Waals surface area contributed by atoms with Crippen LogP contribution in [0.5, 0.6) is 0 Å². The van der Waals surface area contributed by atoms with Gasteiger partial charge in [-0.05, 0) is 26.0 Å². The first kappa shape index (κ1) is 17.1. The van der Waals surface area contributed by atoms with E-state index in [1.165, 1.54) is 0 Å². The largest absolute Gasteiger partial charge is 0.462 e. The third-order valence-corrected chi connectivity index (χ3v) is 3.88. The van der Waals surface area contributed by atoms with Gasteiger partial charge in [0.1, 0.15) is 5.69 Å². The number of esters is 1. The Kier molecular flexibility index (Phi) is 5.10. The molecule has 1 aromatic heterocycles.